The van der Waals surface area contributed by atoms with Crippen molar-refractivity contribution < 1.29 is 23.9 Å². The molecule has 1 N–H and O–H groups in total. The quantitative estimate of drug-likeness (QED) is 0.661. The van der Waals surface area contributed by atoms with Gasteiger partial charge in [0.05, 0.1) is 12.7 Å². The van der Waals surface area contributed by atoms with Crippen molar-refractivity contribution >= 4 is 23.9 Å². The van der Waals surface area contributed by atoms with E-state index in [0.717, 1.165) is 0 Å². The van der Waals surface area contributed by atoms with Crippen molar-refractivity contribution in [2.24, 2.45) is 0 Å². The standard InChI is InChI=1S/C18H23NO5/c1-12(16(21)19-18(2,3)4)24-15(20)11-8-13-6-9-14(10-7-13)17(22)23-5/h6-12H,1-5H3,(H,19,21)/b11-8+/t12-/m1/s1. The van der Waals surface area contributed by atoms with Crippen LogP contribution in [0.3, 0.4) is 0 Å². The largest absolute Gasteiger partial charge is 0.465 e. The molecule has 0 unspecified atom stereocenters. The van der Waals surface area contributed by atoms with Crippen molar-refractivity contribution in [2.75, 3.05) is 7.11 Å². The fourth-order valence-electron chi connectivity index (χ4n) is 1.75. The molecule has 0 fully saturated rings. The summed E-state index contributed by atoms with van der Waals surface area (Å²) < 4.78 is 9.65. The second kappa shape index (κ2) is 8.29. The summed E-state index contributed by atoms with van der Waals surface area (Å²) in [4.78, 5) is 34.9. The van der Waals surface area contributed by atoms with Gasteiger partial charge in [-0.3, -0.25) is 4.79 Å². The lowest BCUT2D eigenvalue weighted by Crippen LogP contribution is -2.46. The molecule has 1 atom stereocenters. The number of nitrogens with one attached hydrogen (secondary N) is 1. The van der Waals surface area contributed by atoms with Gasteiger partial charge in [0.1, 0.15) is 0 Å². The molecule has 6 nitrogen and oxygen atoms in total. The van der Waals surface area contributed by atoms with Gasteiger partial charge in [-0.25, -0.2) is 9.59 Å². The number of esters is 2. The van der Waals surface area contributed by atoms with Crippen LogP contribution >= 0.6 is 0 Å². The third-order valence-electron chi connectivity index (χ3n) is 2.90. The highest BCUT2D eigenvalue weighted by molar-refractivity contribution is 5.91. The highest BCUT2D eigenvalue weighted by Crippen LogP contribution is 2.08. The van der Waals surface area contributed by atoms with Crippen LogP contribution in [0.2, 0.25) is 0 Å². The summed E-state index contributed by atoms with van der Waals surface area (Å²) in [6.45, 7) is 7.05. The predicted molar refractivity (Wildman–Crippen MR) is 90.3 cm³/mol. The molecule has 0 aliphatic heterocycles. The van der Waals surface area contributed by atoms with Crippen molar-refractivity contribution in [3.63, 3.8) is 0 Å². The van der Waals surface area contributed by atoms with Gasteiger partial charge in [0.2, 0.25) is 0 Å². The van der Waals surface area contributed by atoms with Crippen LogP contribution in [0.1, 0.15) is 43.6 Å². The van der Waals surface area contributed by atoms with E-state index in [0.29, 0.717) is 11.1 Å². The van der Waals surface area contributed by atoms with Gasteiger partial charge in [0, 0.05) is 11.6 Å². The molecular weight excluding hydrogens is 310 g/mol. The van der Waals surface area contributed by atoms with E-state index in [9.17, 15) is 14.4 Å². The molecule has 0 saturated carbocycles. The summed E-state index contributed by atoms with van der Waals surface area (Å²) in [6.07, 6.45) is 1.88. The fraction of sp³-hybridized carbons (Fsp3) is 0.389. The third-order valence-corrected chi connectivity index (χ3v) is 2.90. The number of hydrogen-bond donors (Lipinski definition) is 1. The Labute approximate surface area is 141 Å². The Bertz CT molecular complexity index is 626. The molecule has 1 amide bonds. The number of carbonyl (C=O) groups is 3. The van der Waals surface area contributed by atoms with Crippen molar-refractivity contribution in [1.82, 2.24) is 5.32 Å². The van der Waals surface area contributed by atoms with Gasteiger partial charge in [-0.1, -0.05) is 12.1 Å². The SMILES string of the molecule is COC(=O)c1ccc(/C=C/C(=O)O[C@H](C)C(=O)NC(C)(C)C)cc1. The maximum Gasteiger partial charge on any atom is 0.337 e. The summed E-state index contributed by atoms with van der Waals surface area (Å²) in [5.41, 5.74) is 0.741. The molecule has 0 aliphatic rings. The zero-order chi connectivity index (χ0) is 18.3. The molecule has 1 aromatic rings. The number of rotatable bonds is 5. The fourth-order valence-corrected chi connectivity index (χ4v) is 1.75. The maximum atomic E-state index is 11.8. The average molecular weight is 333 g/mol. The first-order valence-electron chi connectivity index (χ1n) is 7.51. The molecule has 0 heterocycles. The molecule has 1 rings (SSSR count). The molecule has 24 heavy (non-hydrogen) atoms. The third kappa shape index (κ3) is 6.64. The van der Waals surface area contributed by atoms with Crippen LogP contribution in [-0.2, 0) is 19.1 Å². The molecule has 6 heteroatoms. The van der Waals surface area contributed by atoms with E-state index < -0.39 is 23.6 Å². The van der Waals surface area contributed by atoms with Crippen molar-refractivity contribution in [3.05, 3.63) is 41.5 Å². The van der Waals surface area contributed by atoms with E-state index in [-0.39, 0.29) is 5.91 Å². The molecular formula is C18H23NO5. The first-order chi connectivity index (χ1) is 11.1. The monoisotopic (exact) mass is 333 g/mol. The summed E-state index contributed by atoms with van der Waals surface area (Å²) in [7, 11) is 1.31. The van der Waals surface area contributed by atoms with E-state index in [1.807, 2.05) is 20.8 Å². The van der Waals surface area contributed by atoms with E-state index in [1.165, 1.54) is 26.2 Å². The summed E-state index contributed by atoms with van der Waals surface area (Å²) >= 11 is 0. The second-order valence-corrected chi connectivity index (χ2v) is 6.27. The van der Waals surface area contributed by atoms with Gasteiger partial charge in [0.15, 0.2) is 6.10 Å². The smallest absolute Gasteiger partial charge is 0.337 e. The number of methoxy groups -OCH3 is 1. The summed E-state index contributed by atoms with van der Waals surface area (Å²) in [5, 5.41) is 2.74. The number of carbonyl (C=O) groups excluding carboxylic acids is 3. The van der Waals surface area contributed by atoms with Crippen LogP contribution in [0.5, 0.6) is 0 Å². The highest BCUT2D eigenvalue weighted by atomic mass is 16.5. The molecule has 0 spiro atoms. The zero-order valence-electron chi connectivity index (χ0n) is 14.6. The van der Waals surface area contributed by atoms with Gasteiger partial charge >= 0.3 is 11.9 Å². The van der Waals surface area contributed by atoms with Gasteiger partial charge in [-0.2, -0.15) is 0 Å². The van der Waals surface area contributed by atoms with Gasteiger partial charge in [-0.05, 0) is 51.5 Å². The highest BCUT2D eigenvalue weighted by Gasteiger charge is 2.21. The Hall–Kier alpha value is -2.63. The first kappa shape index (κ1) is 19.4. The molecule has 0 bridgehead atoms. The molecule has 0 radical (unpaired) electrons. The lowest BCUT2D eigenvalue weighted by Gasteiger charge is -2.22. The summed E-state index contributed by atoms with van der Waals surface area (Å²) in [5.74, 6) is -1.40. The number of hydrogen-bond acceptors (Lipinski definition) is 5. The van der Waals surface area contributed by atoms with Gasteiger partial charge < -0.3 is 14.8 Å². The minimum atomic E-state index is -0.886. The van der Waals surface area contributed by atoms with Crippen LogP contribution in [0, 0.1) is 0 Å². The molecule has 1 aromatic carbocycles. The molecule has 0 saturated heterocycles. The van der Waals surface area contributed by atoms with Gasteiger partial charge in [-0.15, -0.1) is 0 Å². The van der Waals surface area contributed by atoms with Crippen LogP contribution in [0.25, 0.3) is 6.08 Å². The van der Waals surface area contributed by atoms with Crippen molar-refractivity contribution in [3.8, 4) is 0 Å². The van der Waals surface area contributed by atoms with Crippen molar-refractivity contribution in [2.45, 2.75) is 39.3 Å². The molecule has 0 aromatic heterocycles. The molecule has 0 aliphatic carbocycles. The van der Waals surface area contributed by atoms with Crippen LogP contribution in [0.15, 0.2) is 30.3 Å². The minimum Gasteiger partial charge on any atom is -0.465 e. The van der Waals surface area contributed by atoms with Crippen LogP contribution in [-0.4, -0.2) is 36.6 Å². The van der Waals surface area contributed by atoms with E-state index in [4.69, 9.17) is 4.74 Å². The Morgan fingerprint density at radius 1 is 1.12 bits per heavy atom. The first-order valence-corrected chi connectivity index (χ1v) is 7.51. The lowest BCUT2D eigenvalue weighted by molar-refractivity contribution is -0.150. The number of ether oxygens (including phenoxy) is 2. The Morgan fingerprint density at radius 2 is 1.71 bits per heavy atom. The normalized spacial score (nSPS) is 12.5. The molecule has 130 valence electrons. The van der Waals surface area contributed by atoms with E-state index in [2.05, 4.69) is 10.1 Å². The lowest BCUT2D eigenvalue weighted by atomic mass is 10.1. The average Bonchev–Trinajstić information content (AvgIpc) is 2.51. The predicted octanol–water partition coefficient (Wildman–Crippen LogP) is 2.33. The Morgan fingerprint density at radius 3 is 2.21 bits per heavy atom. The van der Waals surface area contributed by atoms with Crippen LogP contribution < -0.4 is 5.32 Å². The van der Waals surface area contributed by atoms with E-state index >= 15 is 0 Å². The van der Waals surface area contributed by atoms with Crippen molar-refractivity contribution in [1.29, 1.82) is 0 Å². The number of benzene rings is 1. The number of amides is 1. The van der Waals surface area contributed by atoms with E-state index in [1.54, 1.807) is 24.3 Å². The maximum absolute atomic E-state index is 11.8. The second-order valence-electron chi connectivity index (χ2n) is 6.27. The Balaban J connectivity index is 2.59. The topological polar surface area (TPSA) is 81.7 Å². The minimum absolute atomic E-state index is 0.355. The van der Waals surface area contributed by atoms with Gasteiger partial charge in [0.25, 0.3) is 5.91 Å². The summed E-state index contributed by atoms with van der Waals surface area (Å²) in [6, 6.07) is 6.53. The Kier molecular flexibility index (Phi) is 6.70. The van der Waals surface area contributed by atoms with Crippen LogP contribution in [0.4, 0.5) is 0 Å². The zero-order valence-corrected chi connectivity index (χ0v) is 14.6.